The van der Waals surface area contributed by atoms with Crippen LogP contribution in [0.2, 0.25) is 0 Å². The maximum absolute atomic E-state index is 12.0. The van der Waals surface area contributed by atoms with Gasteiger partial charge in [0, 0.05) is 21.7 Å². The van der Waals surface area contributed by atoms with E-state index in [0.717, 1.165) is 8.95 Å². The minimum absolute atomic E-state index is 0.131. The Labute approximate surface area is 127 Å². The van der Waals surface area contributed by atoms with Crippen LogP contribution in [0, 0.1) is 0 Å². The lowest BCUT2D eigenvalue weighted by Gasteiger charge is -2.07. The van der Waals surface area contributed by atoms with Gasteiger partial charge in [0.25, 0.3) is 5.91 Å². The van der Waals surface area contributed by atoms with Gasteiger partial charge in [-0.05, 0) is 34.1 Å². The number of hydrogen-bond acceptors (Lipinski definition) is 3. The lowest BCUT2D eigenvalue weighted by atomic mass is 10.2. The van der Waals surface area contributed by atoms with Gasteiger partial charge in [-0.25, -0.2) is 0 Å². The van der Waals surface area contributed by atoms with Crippen molar-refractivity contribution in [2.24, 2.45) is 0 Å². The molecule has 0 unspecified atom stereocenters. The normalized spacial score (nSPS) is 10.4. The molecule has 1 heterocycles. The van der Waals surface area contributed by atoms with E-state index in [1.54, 1.807) is 23.1 Å². The Hall–Kier alpha value is -1.34. The quantitative estimate of drug-likeness (QED) is 0.845. The highest BCUT2D eigenvalue weighted by Gasteiger charge is 2.09. The van der Waals surface area contributed by atoms with Crippen molar-refractivity contribution in [1.82, 2.24) is 15.1 Å². The van der Waals surface area contributed by atoms with Crippen LogP contribution in [-0.4, -0.2) is 22.2 Å². The zero-order valence-electron chi connectivity index (χ0n) is 9.94. The zero-order valence-corrected chi connectivity index (χ0v) is 13.1. The Bertz CT molecular complexity index is 597. The van der Waals surface area contributed by atoms with Crippen molar-refractivity contribution in [3.63, 3.8) is 0 Å². The second-order valence-electron chi connectivity index (χ2n) is 3.92. The first-order valence-corrected chi connectivity index (χ1v) is 7.16. The van der Waals surface area contributed by atoms with Crippen molar-refractivity contribution in [3.05, 3.63) is 45.1 Å². The van der Waals surface area contributed by atoms with E-state index in [1.807, 2.05) is 12.1 Å². The number of halogens is 2. The molecule has 0 atom stereocenters. The van der Waals surface area contributed by atoms with E-state index < -0.39 is 0 Å². The smallest absolute Gasteiger partial charge is 0.252 e. The maximum Gasteiger partial charge on any atom is 0.252 e. The summed E-state index contributed by atoms with van der Waals surface area (Å²) in [5.74, 6) is -0.131. The second kappa shape index (κ2) is 6.21. The highest BCUT2D eigenvalue weighted by molar-refractivity contribution is 9.11. The third-order valence-corrected chi connectivity index (χ3v) is 3.64. The van der Waals surface area contributed by atoms with Gasteiger partial charge in [-0.15, -0.1) is 0 Å². The highest BCUT2D eigenvalue weighted by atomic mass is 79.9. The number of nitrogens with one attached hydrogen (secondary N) is 1. The fourth-order valence-electron chi connectivity index (χ4n) is 1.55. The van der Waals surface area contributed by atoms with Crippen LogP contribution >= 0.6 is 31.9 Å². The van der Waals surface area contributed by atoms with Gasteiger partial charge in [0.15, 0.2) is 0 Å². The first kappa shape index (κ1) is 14.1. The molecule has 1 amide bonds. The molecule has 0 saturated heterocycles. The first-order chi connectivity index (χ1) is 9.06. The van der Waals surface area contributed by atoms with E-state index in [1.165, 1.54) is 0 Å². The predicted molar refractivity (Wildman–Crippen MR) is 80.8 cm³/mol. The summed E-state index contributed by atoms with van der Waals surface area (Å²) in [5, 5.41) is 6.87. The molecule has 0 aliphatic carbocycles. The Morgan fingerprint density at radius 3 is 2.89 bits per heavy atom. The van der Waals surface area contributed by atoms with Gasteiger partial charge < -0.3 is 11.1 Å². The molecule has 0 radical (unpaired) electrons. The van der Waals surface area contributed by atoms with Crippen molar-refractivity contribution in [1.29, 1.82) is 0 Å². The third-order valence-electron chi connectivity index (χ3n) is 2.45. The summed E-state index contributed by atoms with van der Waals surface area (Å²) in [5.41, 5.74) is 6.76. The molecule has 2 aromatic rings. The summed E-state index contributed by atoms with van der Waals surface area (Å²) in [7, 11) is 0. The summed E-state index contributed by atoms with van der Waals surface area (Å²) in [4.78, 5) is 12.0. The molecular weight excluding hydrogens is 376 g/mol. The Kier molecular flexibility index (Phi) is 4.60. The Morgan fingerprint density at radius 1 is 1.42 bits per heavy atom. The van der Waals surface area contributed by atoms with Crippen LogP contribution in [0.4, 0.5) is 5.69 Å². The molecular formula is C12H12Br2N4O. The van der Waals surface area contributed by atoms with Crippen molar-refractivity contribution < 1.29 is 4.79 Å². The third kappa shape index (κ3) is 3.81. The van der Waals surface area contributed by atoms with E-state index in [2.05, 4.69) is 42.3 Å². The lowest BCUT2D eigenvalue weighted by molar-refractivity contribution is 0.0951. The number of nitrogen functional groups attached to an aromatic ring is 1. The molecule has 0 saturated carbocycles. The molecule has 0 aliphatic rings. The SMILES string of the molecule is Nc1cnn(CCNC(=O)c2cc(Br)ccc2Br)c1. The Morgan fingerprint density at radius 2 is 2.21 bits per heavy atom. The number of rotatable bonds is 4. The maximum atomic E-state index is 12.0. The summed E-state index contributed by atoms with van der Waals surface area (Å²) in [6.07, 6.45) is 3.30. The zero-order chi connectivity index (χ0) is 13.8. The van der Waals surface area contributed by atoms with Gasteiger partial charge >= 0.3 is 0 Å². The molecule has 0 fully saturated rings. The molecule has 3 N–H and O–H groups in total. The van der Waals surface area contributed by atoms with Gasteiger partial charge in [-0.2, -0.15) is 5.10 Å². The molecule has 5 nitrogen and oxygen atoms in total. The number of benzene rings is 1. The molecule has 1 aromatic heterocycles. The second-order valence-corrected chi connectivity index (χ2v) is 5.69. The molecule has 1 aromatic carbocycles. The van der Waals surface area contributed by atoms with E-state index in [9.17, 15) is 4.79 Å². The molecule has 100 valence electrons. The number of nitrogens with zero attached hydrogens (tertiary/aromatic N) is 2. The van der Waals surface area contributed by atoms with Gasteiger partial charge in [-0.1, -0.05) is 15.9 Å². The van der Waals surface area contributed by atoms with Crippen LogP contribution in [0.3, 0.4) is 0 Å². The fraction of sp³-hybridized carbons (Fsp3) is 0.167. The monoisotopic (exact) mass is 386 g/mol. The van der Waals surface area contributed by atoms with Gasteiger partial charge in [0.05, 0.1) is 24.0 Å². The number of carbonyl (C=O) groups excluding carboxylic acids is 1. The van der Waals surface area contributed by atoms with Crippen molar-refractivity contribution in [2.45, 2.75) is 6.54 Å². The predicted octanol–water partition coefficient (Wildman–Crippen LogP) is 2.42. The van der Waals surface area contributed by atoms with Crippen LogP contribution in [-0.2, 0) is 6.54 Å². The van der Waals surface area contributed by atoms with Gasteiger partial charge in [-0.3, -0.25) is 9.48 Å². The molecule has 0 spiro atoms. The molecule has 7 heteroatoms. The average molecular weight is 388 g/mol. The number of anilines is 1. The number of hydrogen-bond donors (Lipinski definition) is 2. The van der Waals surface area contributed by atoms with Crippen LogP contribution in [0.15, 0.2) is 39.5 Å². The minimum atomic E-state index is -0.131. The Balaban J connectivity index is 1.92. The lowest BCUT2D eigenvalue weighted by Crippen LogP contribution is -2.27. The largest absolute Gasteiger partial charge is 0.396 e. The van der Waals surface area contributed by atoms with Crippen LogP contribution < -0.4 is 11.1 Å². The van der Waals surface area contributed by atoms with Crippen molar-refractivity contribution in [3.8, 4) is 0 Å². The topological polar surface area (TPSA) is 72.9 Å². The van der Waals surface area contributed by atoms with E-state index in [4.69, 9.17) is 5.73 Å². The summed E-state index contributed by atoms with van der Waals surface area (Å²) in [6.45, 7) is 1.06. The van der Waals surface area contributed by atoms with E-state index in [-0.39, 0.29) is 5.91 Å². The average Bonchev–Trinajstić information content (AvgIpc) is 2.78. The summed E-state index contributed by atoms with van der Waals surface area (Å²) < 4.78 is 3.31. The summed E-state index contributed by atoms with van der Waals surface area (Å²) >= 11 is 6.70. The van der Waals surface area contributed by atoms with Gasteiger partial charge in [0.1, 0.15) is 0 Å². The van der Waals surface area contributed by atoms with Crippen molar-refractivity contribution in [2.75, 3.05) is 12.3 Å². The highest BCUT2D eigenvalue weighted by Crippen LogP contribution is 2.21. The first-order valence-electron chi connectivity index (χ1n) is 5.57. The number of amides is 1. The van der Waals surface area contributed by atoms with E-state index >= 15 is 0 Å². The molecule has 2 rings (SSSR count). The van der Waals surface area contributed by atoms with Crippen LogP contribution in [0.5, 0.6) is 0 Å². The minimum Gasteiger partial charge on any atom is -0.396 e. The van der Waals surface area contributed by atoms with E-state index in [0.29, 0.717) is 24.3 Å². The number of aromatic nitrogens is 2. The van der Waals surface area contributed by atoms with Crippen LogP contribution in [0.25, 0.3) is 0 Å². The number of carbonyl (C=O) groups is 1. The van der Waals surface area contributed by atoms with Gasteiger partial charge in [0.2, 0.25) is 0 Å². The van der Waals surface area contributed by atoms with Crippen molar-refractivity contribution >= 4 is 43.5 Å². The standard InChI is InChI=1S/C12H12Br2N4O/c13-8-1-2-11(14)10(5-8)12(19)16-3-4-18-7-9(15)6-17-18/h1-2,5-7H,3-4,15H2,(H,16,19). The fourth-order valence-corrected chi connectivity index (χ4v) is 2.34. The van der Waals surface area contributed by atoms with Crippen LogP contribution in [0.1, 0.15) is 10.4 Å². The molecule has 19 heavy (non-hydrogen) atoms. The number of nitrogens with two attached hydrogens (primary N) is 1. The summed E-state index contributed by atoms with van der Waals surface area (Å²) in [6, 6.07) is 5.46. The molecule has 0 bridgehead atoms. The molecule has 0 aliphatic heterocycles.